The molecule has 2 aromatic carbocycles. The second-order valence-electron chi connectivity index (χ2n) is 4.84. The van der Waals surface area contributed by atoms with Crippen molar-refractivity contribution in [3.05, 3.63) is 46.5 Å². The van der Waals surface area contributed by atoms with Gasteiger partial charge in [0.1, 0.15) is 0 Å². The lowest BCUT2D eigenvalue weighted by atomic mass is 10.0. The van der Waals surface area contributed by atoms with Crippen molar-refractivity contribution in [2.24, 2.45) is 0 Å². The molecular weight excluding hydrogens is 248 g/mol. The molecule has 0 saturated heterocycles. The van der Waals surface area contributed by atoms with E-state index < -0.39 is 0 Å². The summed E-state index contributed by atoms with van der Waals surface area (Å²) in [6.45, 7) is 3.90. The Morgan fingerprint density at radius 3 is 1.25 bits per heavy atom. The predicted molar refractivity (Wildman–Crippen MR) is 86.0 cm³/mol. The van der Waals surface area contributed by atoms with E-state index in [0.29, 0.717) is 22.7 Å². The van der Waals surface area contributed by atoms with Crippen LogP contribution in [0.1, 0.15) is 22.3 Å². The number of benzene rings is 2. The molecule has 0 aromatic heterocycles. The molecule has 20 heavy (non-hydrogen) atoms. The highest BCUT2D eigenvalue weighted by atomic mass is 14.7. The van der Waals surface area contributed by atoms with Crippen LogP contribution in [0, 0.1) is 25.7 Å². The molecule has 0 atom stereocenters. The molecule has 0 unspecified atom stereocenters. The quantitative estimate of drug-likeness (QED) is 0.432. The first-order valence-corrected chi connectivity index (χ1v) is 6.21. The van der Waals surface area contributed by atoms with Crippen molar-refractivity contribution in [1.29, 1.82) is 0 Å². The lowest BCUT2D eigenvalue weighted by molar-refractivity contribution is 1.42. The van der Waals surface area contributed by atoms with Gasteiger partial charge in [-0.15, -0.1) is 0 Å². The van der Waals surface area contributed by atoms with Crippen LogP contribution in [-0.4, -0.2) is 0 Å². The lowest BCUT2D eigenvalue weighted by Crippen LogP contribution is -1.98. The molecule has 0 aliphatic carbocycles. The van der Waals surface area contributed by atoms with Gasteiger partial charge in [0, 0.05) is 11.1 Å². The normalized spacial score (nSPS) is 9.90. The van der Waals surface area contributed by atoms with Crippen molar-refractivity contribution in [2.45, 2.75) is 13.8 Å². The van der Waals surface area contributed by atoms with Crippen LogP contribution in [0.15, 0.2) is 24.3 Å². The summed E-state index contributed by atoms with van der Waals surface area (Å²) >= 11 is 0. The van der Waals surface area contributed by atoms with E-state index in [2.05, 4.69) is 11.8 Å². The maximum absolute atomic E-state index is 5.80. The van der Waals surface area contributed by atoms with Gasteiger partial charge < -0.3 is 22.9 Å². The van der Waals surface area contributed by atoms with Crippen molar-refractivity contribution >= 4 is 22.7 Å². The largest absolute Gasteiger partial charge is 0.397 e. The zero-order chi connectivity index (χ0) is 14.9. The molecule has 2 aromatic rings. The van der Waals surface area contributed by atoms with E-state index in [0.717, 1.165) is 22.3 Å². The number of nitrogens with two attached hydrogens (primary N) is 4. The van der Waals surface area contributed by atoms with E-state index in [1.54, 1.807) is 12.1 Å². The molecule has 0 saturated carbocycles. The third kappa shape index (κ3) is 2.62. The fraction of sp³-hybridized carbons (Fsp3) is 0.125. The van der Waals surface area contributed by atoms with Gasteiger partial charge in [-0.1, -0.05) is 11.8 Å². The molecule has 2 rings (SSSR count). The molecule has 0 bridgehead atoms. The van der Waals surface area contributed by atoms with Crippen LogP contribution in [0.2, 0.25) is 0 Å². The van der Waals surface area contributed by atoms with Crippen LogP contribution < -0.4 is 22.9 Å². The summed E-state index contributed by atoms with van der Waals surface area (Å²) in [6.07, 6.45) is 0. The van der Waals surface area contributed by atoms with Crippen LogP contribution in [0.5, 0.6) is 0 Å². The number of anilines is 4. The second-order valence-corrected chi connectivity index (χ2v) is 4.84. The summed E-state index contributed by atoms with van der Waals surface area (Å²) in [6, 6.07) is 7.22. The first kappa shape index (κ1) is 13.6. The molecule has 0 fully saturated rings. The smallest absolute Gasteiger partial charge is 0.0560 e. The molecule has 0 aliphatic rings. The van der Waals surface area contributed by atoms with Gasteiger partial charge >= 0.3 is 0 Å². The third-order valence-corrected chi connectivity index (χ3v) is 3.19. The zero-order valence-electron chi connectivity index (χ0n) is 11.6. The molecule has 0 radical (unpaired) electrons. The van der Waals surface area contributed by atoms with Crippen LogP contribution in [0.25, 0.3) is 0 Å². The standard InChI is InChI=1S/C16H18N4/c1-9-5-13(17)15(19)7-11(9)3-4-12-8-16(20)14(18)6-10(12)2/h5-8H,17-20H2,1-2H3. The Hall–Kier alpha value is -2.80. The number of nitrogen functional groups attached to an aromatic ring is 4. The molecule has 0 heterocycles. The number of aryl methyl sites for hydroxylation is 2. The fourth-order valence-electron chi connectivity index (χ4n) is 1.90. The van der Waals surface area contributed by atoms with Gasteiger partial charge in [0.2, 0.25) is 0 Å². The van der Waals surface area contributed by atoms with Gasteiger partial charge in [0.25, 0.3) is 0 Å². The first-order chi connectivity index (χ1) is 9.38. The number of rotatable bonds is 0. The monoisotopic (exact) mass is 266 g/mol. The van der Waals surface area contributed by atoms with Crippen molar-refractivity contribution < 1.29 is 0 Å². The van der Waals surface area contributed by atoms with Gasteiger partial charge in [-0.2, -0.15) is 0 Å². The van der Waals surface area contributed by atoms with Crippen molar-refractivity contribution in [1.82, 2.24) is 0 Å². The third-order valence-electron chi connectivity index (χ3n) is 3.19. The van der Waals surface area contributed by atoms with Gasteiger partial charge in [0.15, 0.2) is 0 Å². The van der Waals surface area contributed by atoms with Crippen LogP contribution >= 0.6 is 0 Å². The summed E-state index contributed by atoms with van der Waals surface area (Å²) in [5.74, 6) is 6.21. The Morgan fingerprint density at radius 1 is 0.600 bits per heavy atom. The number of hydrogen-bond donors (Lipinski definition) is 4. The van der Waals surface area contributed by atoms with Crippen LogP contribution in [0.4, 0.5) is 22.7 Å². The topological polar surface area (TPSA) is 104 Å². The SMILES string of the molecule is Cc1cc(N)c(N)cc1C#Cc1cc(N)c(N)cc1C. The molecular formula is C16H18N4. The van der Waals surface area contributed by atoms with Crippen LogP contribution in [-0.2, 0) is 0 Å². The zero-order valence-corrected chi connectivity index (χ0v) is 11.6. The average Bonchev–Trinajstić information content (AvgIpc) is 2.37. The summed E-state index contributed by atoms with van der Waals surface area (Å²) in [4.78, 5) is 0. The van der Waals surface area contributed by atoms with E-state index in [1.165, 1.54) is 0 Å². The molecule has 8 N–H and O–H groups in total. The van der Waals surface area contributed by atoms with Crippen LogP contribution in [0.3, 0.4) is 0 Å². The Bertz CT molecular complexity index is 675. The van der Waals surface area contributed by atoms with E-state index in [-0.39, 0.29) is 0 Å². The highest BCUT2D eigenvalue weighted by molar-refractivity contribution is 5.70. The van der Waals surface area contributed by atoms with Gasteiger partial charge in [-0.05, 0) is 49.2 Å². The Balaban J connectivity index is 2.46. The van der Waals surface area contributed by atoms with E-state index in [1.807, 2.05) is 26.0 Å². The molecule has 4 heteroatoms. The molecule has 0 amide bonds. The minimum atomic E-state index is 0.536. The lowest BCUT2D eigenvalue weighted by Gasteiger charge is -2.05. The van der Waals surface area contributed by atoms with Gasteiger partial charge in [-0.3, -0.25) is 0 Å². The number of hydrogen-bond acceptors (Lipinski definition) is 4. The minimum absolute atomic E-state index is 0.536. The van der Waals surface area contributed by atoms with E-state index >= 15 is 0 Å². The maximum atomic E-state index is 5.80. The van der Waals surface area contributed by atoms with E-state index in [4.69, 9.17) is 22.9 Å². The summed E-state index contributed by atoms with van der Waals surface area (Å²) in [5, 5.41) is 0. The Kier molecular flexibility index (Phi) is 3.45. The highest BCUT2D eigenvalue weighted by Gasteiger charge is 2.02. The minimum Gasteiger partial charge on any atom is -0.397 e. The fourth-order valence-corrected chi connectivity index (χ4v) is 1.90. The van der Waals surface area contributed by atoms with Crippen molar-refractivity contribution in [3.8, 4) is 11.8 Å². The Morgan fingerprint density at radius 2 is 0.900 bits per heavy atom. The van der Waals surface area contributed by atoms with E-state index in [9.17, 15) is 0 Å². The maximum Gasteiger partial charge on any atom is 0.0560 e. The molecule has 0 spiro atoms. The highest BCUT2D eigenvalue weighted by Crippen LogP contribution is 2.21. The summed E-state index contributed by atoms with van der Waals surface area (Å²) < 4.78 is 0. The average molecular weight is 266 g/mol. The van der Waals surface area contributed by atoms with Crippen molar-refractivity contribution in [3.63, 3.8) is 0 Å². The van der Waals surface area contributed by atoms with Gasteiger partial charge in [-0.25, -0.2) is 0 Å². The molecule has 102 valence electrons. The van der Waals surface area contributed by atoms with Crippen molar-refractivity contribution in [2.75, 3.05) is 22.9 Å². The molecule has 0 aliphatic heterocycles. The Labute approximate surface area is 118 Å². The van der Waals surface area contributed by atoms with Gasteiger partial charge in [0.05, 0.1) is 22.7 Å². The predicted octanol–water partition coefficient (Wildman–Crippen LogP) is 2.03. The second kappa shape index (κ2) is 5.06. The summed E-state index contributed by atoms with van der Waals surface area (Å²) in [5.41, 5.74) is 29.0. The first-order valence-electron chi connectivity index (χ1n) is 6.21. The molecule has 4 nitrogen and oxygen atoms in total. The summed E-state index contributed by atoms with van der Waals surface area (Å²) in [7, 11) is 0.